The first-order valence-electron chi connectivity index (χ1n) is 23.4. The van der Waals surface area contributed by atoms with E-state index in [2.05, 4.69) is 118 Å². The minimum atomic E-state index is -0.0543. The van der Waals surface area contributed by atoms with E-state index in [-0.39, 0.29) is 21.7 Å². The summed E-state index contributed by atoms with van der Waals surface area (Å²) in [4.78, 5) is 0. The summed E-state index contributed by atoms with van der Waals surface area (Å²) in [5, 5.41) is 29.3. The van der Waals surface area contributed by atoms with Gasteiger partial charge in [0.05, 0.1) is 0 Å². The fraction of sp³-hybridized carbons (Fsp3) is 0.769. The van der Waals surface area contributed by atoms with Gasteiger partial charge in [-0.25, -0.2) is 0 Å². The zero-order chi connectivity index (χ0) is 41.8. The number of rotatable bonds is 27. The monoisotopic (exact) mass is 777 g/mol. The van der Waals surface area contributed by atoms with Gasteiger partial charge in [-0.3, -0.25) is 0 Å². The summed E-state index contributed by atoms with van der Waals surface area (Å²) in [5.41, 5.74) is 6.89. The number of aromatic hydroxyl groups is 2. The molecule has 0 saturated heterocycles. The van der Waals surface area contributed by atoms with Crippen LogP contribution in [0.1, 0.15) is 232 Å². The molecule has 0 atom stereocenters. The van der Waals surface area contributed by atoms with Crippen molar-refractivity contribution in [3.05, 3.63) is 57.6 Å². The zero-order valence-electron chi connectivity index (χ0n) is 39.2. The summed E-state index contributed by atoms with van der Waals surface area (Å²) in [6.45, 7) is 31.1. The average Bonchev–Trinajstić information content (AvgIpc) is 3.08. The molecule has 0 aliphatic carbocycles. The summed E-state index contributed by atoms with van der Waals surface area (Å²) < 4.78 is 0. The highest BCUT2D eigenvalue weighted by Crippen LogP contribution is 2.41. The fourth-order valence-electron chi connectivity index (χ4n) is 7.99. The molecule has 0 heterocycles. The molecule has 2 aromatic carbocycles. The minimum Gasteiger partial charge on any atom is -0.507 e. The second-order valence-corrected chi connectivity index (χ2v) is 21.4. The Bertz CT molecular complexity index is 1190. The quantitative estimate of drug-likeness (QED) is 0.0682. The molecule has 0 bridgehead atoms. The third-order valence-corrected chi connectivity index (χ3v) is 11.7. The van der Waals surface area contributed by atoms with E-state index in [1.54, 1.807) is 0 Å². The van der Waals surface area contributed by atoms with Crippen LogP contribution in [-0.4, -0.2) is 36.4 Å². The Kier molecular flexibility index (Phi) is 22.2. The lowest BCUT2D eigenvalue weighted by Gasteiger charge is -2.28. The smallest absolute Gasteiger partial charge is 0.123 e. The van der Waals surface area contributed by atoms with Crippen LogP contribution in [0.15, 0.2) is 24.3 Å². The molecule has 4 nitrogen and oxygen atoms in total. The summed E-state index contributed by atoms with van der Waals surface area (Å²) in [7, 11) is 0. The molecule has 0 radical (unpaired) electrons. The van der Waals surface area contributed by atoms with Gasteiger partial charge >= 0.3 is 0 Å². The third kappa shape index (κ3) is 19.6. The lowest BCUT2D eigenvalue weighted by atomic mass is 9.78. The summed E-state index contributed by atoms with van der Waals surface area (Å²) in [6.07, 6.45) is 26.0. The standard InChI is InChI=1S/C52H92N2O2/c1-49(2,3)43-37-41(38-44(47(43)55)50(4,5)6)31-25-19-17-23-29-35-53-33-27-21-15-13-14-16-22-28-34-54-36-30-24-18-20-26-32-42-39-45(51(7,8)9)48(56)46(40-42)52(10,11)12/h37-40,53-56H,13-36H2,1-12H3. The molecule has 0 fully saturated rings. The highest BCUT2D eigenvalue weighted by molar-refractivity contribution is 5.51. The third-order valence-electron chi connectivity index (χ3n) is 11.7. The maximum absolute atomic E-state index is 11.0. The van der Waals surface area contributed by atoms with E-state index >= 15 is 0 Å². The van der Waals surface area contributed by atoms with Crippen LogP contribution in [0.3, 0.4) is 0 Å². The minimum absolute atomic E-state index is 0.0543. The SMILES string of the molecule is CC(C)(C)c1cc(CCCCCCCNCCCCCCCCCCNCCCCCCCc2cc(C(C)(C)C)c(O)c(C(C)(C)C)c2)cc(C(C)(C)C)c1O. The highest BCUT2D eigenvalue weighted by Gasteiger charge is 2.27. The van der Waals surface area contributed by atoms with Crippen molar-refractivity contribution in [3.8, 4) is 11.5 Å². The molecule has 56 heavy (non-hydrogen) atoms. The molecule has 2 aromatic rings. The van der Waals surface area contributed by atoms with Crippen LogP contribution in [0.4, 0.5) is 0 Å². The first kappa shape index (κ1) is 50.1. The van der Waals surface area contributed by atoms with Gasteiger partial charge in [-0.05, 0) is 133 Å². The number of benzene rings is 2. The van der Waals surface area contributed by atoms with Crippen molar-refractivity contribution in [2.75, 3.05) is 26.2 Å². The number of aryl methyl sites for hydroxylation is 2. The zero-order valence-corrected chi connectivity index (χ0v) is 39.2. The van der Waals surface area contributed by atoms with E-state index in [9.17, 15) is 10.2 Å². The van der Waals surface area contributed by atoms with E-state index in [4.69, 9.17) is 0 Å². The molecule has 2 rings (SSSR count). The van der Waals surface area contributed by atoms with E-state index < -0.39 is 0 Å². The average molecular weight is 777 g/mol. The van der Waals surface area contributed by atoms with Gasteiger partial charge in [0, 0.05) is 0 Å². The van der Waals surface area contributed by atoms with Crippen LogP contribution < -0.4 is 10.6 Å². The van der Waals surface area contributed by atoms with Gasteiger partial charge in [0.2, 0.25) is 0 Å². The van der Waals surface area contributed by atoms with E-state index in [0.717, 1.165) is 48.2 Å². The summed E-state index contributed by atoms with van der Waals surface area (Å²) in [5.74, 6) is 0.989. The van der Waals surface area contributed by atoms with Crippen LogP contribution in [-0.2, 0) is 34.5 Å². The summed E-state index contributed by atoms with van der Waals surface area (Å²) >= 11 is 0. The van der Waals surface area contributed by atoms with Crippen molar-refractivity contribution in [1.82, 2.24) is 10.6 Å². The van der Waals surface area contributed by atoms with Gasteiger partial charge < -0.3 is 20.8 Å². The molecule has 0 spiro atoms. The van der Waals surface area contributed by atoms with Crippen LogP contribution >= 0.6 is 0 Å². The first-order valence-corrected chi connectivity index (χ1v) is 23.4. The van der Waals surface area contributed by atoms with Gasteiger partial charge in [0.25, 0.3) is 0 Å². The van der Waals surface area contributed by atoms with E-state index in [1.807, 2.05) is 0 Å². The van der Waals surface area contributed by atoms with Crippen molar-refractivity contribution in [3.63, 3.8) is 0 Å². The van der Waals surface area contributed by atoms with Gasteiger partial charge in [-0.2, -0.15) is 0 Å². The lowest BCUT2D eigenvalue weighted by Crippen LogP contribution is -2.18. The van der Waals surface area contributed by atoms with E-state index in [0.29, 0.717) is 11.5 Å². The van der Waals surface area contributed by atoms with Crippen LogP contribution in [0.2, 0.25) is 0 Å². The van der Waals surface area contributed by atoms with Gasteiger partial charge in [-0.15, -0.1) is 0 Å². The second-order valence-electron chi connectivity index (χ2n) is 21.4. The number of unbranched alkanes of at least 4 members (excludes halogenated alkanes) is 15. The van der Waals surface area contributed by atoms with Crippen molar-refractivity contribution in [1.29, 1.82) is 0 Å². The van der Waals surface area contributed by atoms with Crippen LogP contribution in [0.5, 0.6) is 11.5 Å². The van der Waals surface area contributed by atoms with E-state index in [1.165, 1.54) is 140 Å². The molecule has 0 aromatic heterocycles. The van der Waals surface area contributed by atoms with Crippen LogP contribution in [0, 0.1) is 0 Å². The van der Waals surface area contributed by atoms with Crippen molar-refractivity contribution in [2.24, 2.45) is 0 Å². The Morgan fingerprint density at radius 3 is 0.732 bits per heavy atom. The second kappa shape index (κ2) is 24.8. The Morgan fingerprint density at radius 2 is 0.518 bits per heavy atom. The maximum atomic E-state index is 11.0. The molecule has 0 aliphatic rings. The Morgan fingerprint density at radius 1 is 0.321 bits per heavy atom. The predicted octanol–water partition coefficient (Wildman–Crippen LogP) is 14.3. The molecular formula is C52H92N2O2. The molecule has 0 aliphatic heterocycles. The molecule has 4 heteroatoms. The van der Waals surface area contributed by atoms with Crippen LogP contribution in [0.25, 0.3) is 0 Å². The van der Waals surface area contributed by atoms with Crippen molar-refractivity contribution < 1.29 is 10.2 Å². The Hall–Kier alpha value is -2.04. The highest BCUT2D eigenvalue weighted by atomic mass is 16.3. The van der Waals surface area contributed by atoms with Crippen molar-refractivity contribution >= 4 is 0 Å². The topological polar surface area (TPSA) is 64.5 Å². The molecular weight excluding hydrogens is 685 g/mol. The Labute approximate surface area is 348 Å². The van der Waals surface area contributed by atoms with Gasteiger partial charge in [0.15, 0.2) is 0 Å². The molecule has 0 amide bonds. The number of phenolic OH excluding ortho intramolecular Hbond substituents is 2. The lowest BCUT2D eigenvalue weighted by molar-refractivity contribution is 0.421. The fourth-order valence-corrected chi connectivity index (χ4v) is 7.99. The van der Waals surface area contributed by atoms with Gasteiger partial charge in [0.1, 0.15) is 11.5 Å². The molecule has 0 saturated carbocycles. The maximum Gasteiger partial charge on any atom is 0.123 e. The predicted molar refractivity (Wildman–Crippen MR) is 247 cm³/mol. The Balaban J connectivity index is 1.37. The number of nitrogens with one attached hydrogen (secondary N) is 2. The van der Waals surface area contributed by atoms with Crippen molar-refractivity contribution in [2.45, 2.75) is 233 Å². The number of hydrogen-bond acceptors (Lipinski definition) is 4. The number of phenols is 2. The molecule has 322 valence electrons. The summed E-state index contributed by atoms with van der Waals surface area (Å²) in [6, 6.07) is 9.02. The largest absolute Gasteiger partial charge is 0.507 e. The molecule has 4 N–H and O–H groups in total. The first-order chi connectivity index (χ1) is 26.2. The number of hydrogen-bond donors (Lipinski definition) is 4. The molecule has 0 unspecified atom stereocenters. The normalized spacial score (nSPS) is 12.9. The van der Waals surface area contributed by atoms with Gasteiger partial charge in [-0.1, -0.05) is 184 Å².